The maximum absolute atomic E-state index is 13.2. The lowest BCUT2D eigenvalue weighted by Crippen LogP contribution is -2.36. The van der Waals surface area contributed by atoms with Gasteiger partial charge in [0.15, 0.2) is 0 Å². The zero-order chi connectivity index (χ0) is 14.8. The van der Waals surface area contributed by atoms with E-state index in [1.54, 1.807) is 0 Å². The summed E-state index contributed by atoms with van der Waals surface area (Å²) in [7, 11) is 0. The maximum Gasteiger partial charge on any atom is 0.419 e. The van der Waals surface area contributed by atoms with Crippen molar-refractivity contribution >= 4 is 0 Å². The Hall–Kier alpha value is -1.10. The highest BCUT2D eigenvalue weighted by Crippen LogP contribution is 2.33. The number of benzene rings is 1. The second-order valence-electron chi connectivity index (χ2n) is 5.14. The summed E-state index contributed by atoms with van der Waals surface area (Å²) in [5.74, 6) is -1.36. The van der Waals surface area contributed by atoms with Gasteiger partial charge in [-0.05, 0) is 30.5 Å². The van der Waals surface area contributed by atoms with Crippen molar-refractivity contribution in [3.63, 3.8) is 0 Å². The molecule has 1 N–H and O–H groups in total. The topological polar surface area (TPSA) is 12.0 Å². The summed E-state index contributed by atoms with van der Waals surface area (Å²) < 4.78 is 51.1. The molecule has 0 saturated heterocycles. The third-order valence-corrected chi connectivity index (χ3v) is 3.17. The third-order valence-electron chi connectivity index (χ3n) is 3.17. The molecule has 0 amide bonds. The fourth-order valence-electron chi connectivity index (χ4n) is 2.00. The van der Waals surface area contributed by atoms with E-state index < -0.39 is 17.6 Å². The van der Waals surface area contributed by atoms with E-state index in [2.05, 4.69) is 5.32 Å². The summed E-state index contributed by atoms with van der Waals surface area (Å²) in [6.45, 7) is 7.67. The second-order valence-corrected chi connectivity index (χ2v) is 5.14. The number of nitrogens with one attached hydrogen (secondary N) is 1. The molecule has 1 aromatic rings. The molecule has 0 radical (unpaired) electrons. The van der Waals surface area contributed by atoms with Gasteiger partial charge in [0.2, 0.25) is 0 Å². The first-order valence-corrected chi connectivity index (χ1v) is 6.25. The lowest BCUT2D eigenvalue weighted by molar-refractivity contribution is -0.140. The van der Waals surface area contributed by atoms with E-state index in [1.165, 1.54) is 6.07 Å². The van der Waals surface area contributed by atoms with Crippen molar-refractivity contribution in [2.24, 2.45) is 0 Å². The summed E-state index contributed by atoms with van der Waals surface area (Å²) in [4.78, 5) is 0. The molecule has 0 bridgehead atoms. The zero-order valence-corrected chi connectivity index (χ0v) is 11.5. The minimum Gasteiger partial charge on any atom is -0.311 e. The first-order valence-electron chi connectivity index (χ1n) is 6.25. The van der Waals surface area contributed by atoms with Crippen LogP contribution in [0.15, 0.2) is 18.2 Å². The van der Waals surface area contributed by atoms with Gasteiger partial charge in [0.25, 0.3) is 0 Å². The molecule has 0 saturated carbocycles. The molecule has 0 spiro atoms. The van der Waals surface area contributed by atoms with Crippen LogP contribution in [0.2, 0.25) is 0 Å². The molecule has 2 unspecified atom stereocenters. The Balaban J connectivity index is 3.02. The van der Waals surface area contributed by atoms with Crippen LogP contribution in [0.4, 0.5) is 17.6 Å². The Morgan fingerprint density at radius 2 is 1.63 bits per heavy atom. The largest absolute Gasteiger partial charge is 0.419 e. The van der Waals surface area contributed by atoms with Crippen molar-refractivity contribution in [2.45, 2.75) is 51.9 Å². The maximum atomic E-state index is 13.2. The number of hydrogen-bond acceptors (Lipinski definition) is 1. The summed E-state index contributed by atoms with van der Waals surface area (Å²) >= 11 is 0. The van der Waals surface area contributed by atoms with Crippen LogP contribution >= 0.6 is 0 Å². The molecule has 0 fully saturated rings. The number of alkyl halides is 3. The first-order chi connectivity index (χ1) is 8.62. The SMILES string of the molecule is CC(C)NC(C)C(C)c1ccc(F)c(C(F)(F)F)c1. The Morgan fingerprint density at radius 1 is 1.05 bits per heavy atom. The quantitative estimate of drug-likeness (QED) is 0.807. The molecule has 1 nitrogen and oxygen atoms in total. The van der Waals surface area contributed by atoms with Crippen molar-refractivity contribution in [3.05, 3.63) is 35.1 Å². The van der Waals surface area contributed by atoms with Crippen LogP contribution in [-0.2, 0) is 6.18 Å². The van der Waals surface area contributed by atoms with Crippen LogP contribution in [0.1, 0.15) is 44.7 Å². The normalized spacial score (nSPS) is 15.6. The van der Waals surface area contributed by atoms with Crippen LogP contribution < -0.4 is 5.32 Å². The van der Waals surface area contributed by atoms with Crippen LogP contribution in [0, 0.1) is 5.82 Å². The van der Waals surface area contributed by atoms with Gasteiger partial charge in [-0.2, -0.15) is 13.2 Å². The minimum absolute atomic E-state index is 0.00606. The summed E-state index contributed by atoms with van der Waals surface area (Å²) in [6.07, 6.45) is -4.66. The van der Waals surface area contributed by atoms with Crippen LogP contribution in [-0.4, -0.2) is 12.1 Å². The highest BCUT2D eigenvalue weighted by atomic mass is 19.4. The number of rotatable bonds is 4. The van der Waals surface area contributed by atoms with Gasteiger partial charge in [-0.1, -0.05) is 26.8 Å². The van der Waals surface area contributed by atoms with Gasteiger partial charge in [-0.15, -0.1) is 0 Å². The van der Waals surface area contributed by atoms with Gasteiger partial charge >= 0.3 is 6.18 Å². The molecule has 5 heteroatoms. The van der Waals surface area contributed by atoms with E-state index in [9.17, 15) is 17.6 Å². The summed E-state index contributed by atoms with van der Waals surface area (Å²) in [5, 5.41) is 3.24. The second kappa shape index (κ2) is 5.90. The van der Waals surface area contributed by atoms with Gasteiger partial charge in [0.1, 0.15) is 5.82 Å². The average molecular weight is 277 g/mol. The van der Waals surface area contributed by atoms with Crippen LogP contribution in [0.25, 0.3) is 0 Å². The molecule has 0 aliphatic rings. The molecular weight excluding hydrogens is 258 g/mol. The van der Waals surface area contributed by atoms with E-state index >= 15 is 0 Å². The molecule has 1 rings (SSSR count). The molecule has 0 heterocycles. The molecular formula is C14H19F4N. The van der Waals surface area contributed by atoms with Gasteiger partial charge in [0, 0.05) is 12.1 Å². The van der Waals surface area contributed by atoms with E-state index in [0.717, 1.165) is 12.1 Å². The van der Waals surface area contributed by atoms with Crippen LogP contribution in [0.5, 0.6) is 0 Å². The van der Waals surface area contributed by atoms with Crippen LogP contribution in [0.3, 0.4) is 0 Å². The fraction of sp³-hybridized carbons (Fsp3) is 0.571. The Labute approximate surface area is 111 Å². The molecule has 0 aliphatic heterocycles. The Bertz CT molecular complexity index is 426. The van der Waals surface area contributed by atoms with E-state index in [1.807, 2.05) is 27.7 Å². The monoisotopic (exact) mass is 277 g/mol. The Morgan fingerprint density at radius 3 is 2.11 bits per heavy atom. The average Bonchev–Trinajstić information content (AvgIpc) is 2.26. The summed E-state index contributed by atoms with van der Waals surface area (Å²) in [5.41, 5.74) is -0.719. The van der Waals surface area contributed by atoms with Crippen molar-refractivity contribution in [2.75, 3.05) is 0 Å². The van der Waals surface area contributed by atoms with E-state index in [-0.39, 0.29) is 18.0 Å². The van der Waals surface area contributed by atoms with Gasteiger partial charge in [-0.3, -0.25) is 0 Å². The fourth-order valence-corrected chi connectivity index (χ4v) is 2.00. The van der Waals surface area contributed by atoms with E-state index in [0.29, 0.717) is 5.56 Å². The zero-order valence-electron chi connectivity index (χ0n) is 11.5. The van der Waals surface area contributed by atoms with Gasteiger partial charge < -0.3 is 5.32 Å². The summed E-state index contributed by atoms with van der Waals surface area (Å²) in [6, 6.07) is 3.44. The highest BCUT2D eigenvalue weighted by Gasteiger charge is 2.34. The van der Waals surface area contributed by atoms with Crippen molar-refractivity contribution in [1.29, 1.82) is 0 Å². The molecule has 108 valence electrons. The lowest BCUT2D eigenvalue weighted by Gasteiger charge is -2.24. The van der Waals surface area contributed by atoms with Crippen molar-refractivity contribution in [1.82, 2.24) is 5.32 Å². The molecule has 0 aromatic heterocycles. The molecule has 19 heavy (non-hydrogen) atoms. The van der Waals surface area contributed by atoms with Gasteiger partial charge in [-0.25, -0.2) is 4.39 Å². The predicted octanol–water partition coefficient (Wildman–Crippen LogP) is 4.33. The first kappa shape index (κ1) is 16.0. The van der Waals surface area contributed by atoms with E-state index in [4.69, 9.17) is 0 Å². The molecule has 0 aliphatic carbocycles. The number of hydrogen-bond donors (Lipinski definition) is 1. The molecule has 1 aromatic carbocycles. The Kier molecular flexibility index (Phi) is 4.96. The highest BCUT2D eigenvalue weighted by molar-refractivity contribution is 5.30. The number of halogens is 4. The smallest absolute Gasteiger partial charge is 0.311 e. The van der Waals surface area contributed by atoms with Crippen molar-refractivity contribution in [3.8, 4) is 0 Å². The standard InChI is InChI=1S/C14H19F4N/c1-8(2)19-10(4)9(3)11-5-6-13(15)12(7-11)14(16,17)18/h5-10,19H,1-4H3. The molecule has 2 atom stereocenters. The predicted molar refractivity (Wildman–Crippen MR) is 67.6 cm³/mol. The van der Waals surface area contributed by atoms with Crippen molar-refractivity contribution < 1.29 is 17.6 Å². The minimum atomic E-state index is -4.66. The van der Waals surface area contributed by atoms with Gasteiger partial charge in [0.05, 0.1) is 5.56 Å². The lowest BCUT2D eigenvalue weighted by atomic mass is 9.92. The third kappa shape index (κ3) is 4.20.